The maximum atomic E-state index is 12.8. The summed E-state index contributed by atoms with van der Waals surface area (Å²) >= 11 is 3.38. The Bertz CT molecular complexity index is 1310. The largest absolute Gasteiger partial charge is 0.495 e. The summed E-state index contributed by atoms with van der Waals surface area (Å²) in [5, 5.41) is 0. The molecular weight excluding hydrogens is 634 g/mol. The van der Waals surface area contributed by atoms with Crippen LogP contribution >= 0.6 is 15.9 Å². The van der Waals surface area contributed by atoms with Crippen molar-refractivity contribution in [1.29, 1.82) is 0 Å². The number of halogens is 7. The number of alkyl halides is 6. The zero-order valence-electron chi connectivity index (χ0n) is 24.0. The Labute approximate surface area is 249 Å². The zero-order valence-corrected chi connectivity index (χ0v) is 25.6. The predicted molar refractivity (Wildman–Crippen MR) is 151 cm³/mol. The molecule has 0 atom stereocenters. The highest BCUT2D eigenvalue weighted by Crippen LogP contribution is 2.45. The number of nitrogen functional groups attached to an aromatic ring is 2. The van der Waals surface area contributed by atoms with E-state index in [9.17, 15) is 31.1 Å². The van der Waals surface area contributed by atoms with E-state index in [4.69, 9.17) is 20.9 Å². The van der Waals surface area contributed by atoms with E-state index >= 15 is 0 Å². The summed E-state index contributed by atoms with van der Waals surface area (Å²) in [5.74, 6) is -0.928. The number of carbonyl (C=O) groups is 1. The maximum absolute atomic E-state index is 12.8. The molecule has 0 radical (unpaired) electrons. The lowest BCUT2D eigenvalue weighted by Crippen LogP contribution is -2.54. The van der Waals surface area contributed by atoms with Crippen molar-refractivity contribution in [3.05, 3.63) is 44.9 Å². The molecule has 2 aliphatic rings. The molecule has 7 nitrogen and oxygen atoms in total. The first-order chi connectivity index (χ1) is 19.3. The molecule has 0 spiro atoms. The summed E-state index contributed by atoms with van der Waals surface area (Å²) in [5.41, 5.74) is 14.9. The second-order valence-corrected chi connectivity index (χ2v) is 11.8. The molecule has 0 saturated heterocycles. The quantitative estimate of drug-likeness (QED) is 0.298. The molecule has 0 aromatic heterocycles. The van der Waals surface area contributed by atoms with Gasteiger partial charge in [0, 0.05) is 24.1 Å². The van der Waals surface area contributed by atoms with Crippen LogP contribution in [0.4, 0.5) is 37.7 Å². The molecule has 2 aromatic rings. The number of ether oxygens (including phenoxy) is 2. The fourth-order valence-electron chi connectivity index (χ4n) is 5.21. The highest BCUT2D eigenvalue weighted by atomic mass is 79.9. The van der Waals surface area contributed by atoms with Gasteiger partial charge >= 0.3 is 18.3 Å². The molecule has 2 heterocycles. The van der Waals surface area contributed by atoms with E-state index in [1.54, 1.807) is 26.0 Å². The summed E-state index contributed by atoms with van der Waals surface area (Å²) < 4.78 is 87.1. The molecule has 2 aliphatic heterocycles. The first-order valence-electron chi connectivity index (χ1n) is 13.2. The monoisotopic (exact) mass is 668 g/mol. The van der Waals surface area contributed by atoms with Crippen LogP contribution in [0.3, 0.4) is 0 Å². The number of fused-ring (bicyclic) bond motifs is 2. The number of hydrogen-bond donors (Lipinski definition) is 2. The van der Waals surface area contributed by atoms with Crippen LogP contribution in [0.2, 0.25) is 0 Å². The Kier molecular flexibility index (Phi) is 9.92. The average molecular weight is 670 g/mol. The lowest BCUT2D eigenvalue weighted by atomic mass is 9.82. The van der Waals surface area contributed by atoms with Crippen molar-refractivity contribution in [3.63, 3.8) is 0 Å². The third-order valence-electron chi connectivity index (χ3n) is 7.18. The van der Waals surface area contributed by atoms with E-state index < -0.39 is 30.3 Å². The lowest BCUT2D eigenvalue weighted by molar-refractivity contribution is -0.191. The van der Waals surface area contributed by atoms with Crippen LogP contribution in [0.25, 0.3) is 0 Å². The minimum Gasteiger partial charge on any atom is -0.495 e. The Hall–Kier alpha value is -2.87. The van der Waals surface area contributed by atoms with Gasteiger partial charge in [-0.25, -0.2) is 0 Å². The Morgan fingerprint density at radius 3 is 2.21 bits per heavy atom. The maximum Gasteiger partial charge on any atom is 0.471 e. The van der Waals surface area contributed by atoms with E-state index in [0.717, 1.165) is 21.6 Å². The van der Waals surface area contributed by atoms with Crippen molar-refractivity contribution in [3.8, 4) is 11.5 Å². The Balaban J connectivity index is 0.000000231. The van der Waals surface area contributed by atoms with E-state index in [1.807, 2.05) is 19.9 Å². The molecule has 0 fully saturated rings. The summed E-state index contributed by atoms with van der Waals surface area (Å²) in [6.07, 6.45) is -8.22. The van der Waals surface area contributed by atoms with Gasteiger partial charge in [-0.15, -0.1) is 0 Å². The molecule has 0 saturated carbocycles. The third kappa shape index (κ3) is 7.55. The van der Waals surface area contributed by atoms with Gasteiger partial charge < -0.3 is 25.8 Å². The van der Waals surface area contributed by atoms with E-state index in [1.165, 1.54) is 12.0 Å². The number of benzene rings is 2. The average Bonchev–Trinajstić information content (AvgIpc) is 2.85. The molecule has 4 N–H and O–H groups in total. The minimum absolute atomic E-state index is 0.0229. The number of rotatable bonds is 4. The normalized spacial score (nSPS) is 16.7. The molecule has 234 valence electrons. The van der Waals surface area contributed by atoms with E-state index in [-0.39, 0.29) is 25.6 Å². The van der Waals surface area contributed by atoms with Gasteiger partial charge in [0.1, 0.15) is 11.5 Å². The van der Waals surface area contributed by atoms with Gasteiger partial charge in [0.2, 0.25) is 0 Å². The highest BCUT2D eigenvalue weighted by molar-refractivity contribution is 9.10. The number of nitrogens with zero attached hydrogens (tertiary/aromatic N) is 2. The van der Waals surface area contributed by atoms with E-state index in [2.05, 4.69) is 15.9 Å². The number of methoxy groups -OCH3 is 1. The molecule has 1 amide bonds. The van der Waals surface area contributed by atoms with Crippen molar-refractivity contribution in [2.24, 2.45) is 0 Å². The van der Waals surface area contributed by atoms with Crippen molar-refractivity contribution < 1.29 is 40.6 Å². The van der Waals surface area contributed by atoms with Crippen LogP contribution in [0, 0.1) is 0 Å². The van der Waals surface area contributed by atoms with Gasteiger partial charge in [-0.3, -0.25) is 9.69 Å². The topological polar surface area (TPSA) is 94.0 Å². The van der Waals surface area contributed by atoms with E-state index in [0.29, 0.717) is 45.9 Å². The highest BCUT2D eigenvalue weighted by Gasteiger charge is 2.49. The molecular formula is C28H35BrF6N4O3. The van der Waals surface area contributed by atoms with Crippen LogP contribution in [0.1, 0.15) is 49.9 Å². The molecule has 0 unspecified atom stereocenters. The predicted octanol–water partition coefficient (Wildman–Crippen LogP) is 6.20. The van der Waals surface area contributed by atoms with Crippen molar-refractivity contribution in [2.45, 2.75) is 71.1 Å². The molecule has 0 bridgehead atoms. The smallest absolute Gasteiger partial charge is 0.471 e. The van der Waals surface area contributed by atoms with Crippen LogP contribution in [-0.2, 0) is 29.7 Å². The lowest BCUT2D eigenvalue weighted by Gasteiger charge is -2.44. The van der Waals surface area contributed by atoms with Gasteiger partial charge in [0.05, 0.1) is 36.7 Å². The molecule has 0 aliphatic carbocycles. The third-order valence-corrected chi connectivity index (χ3v) is 8.09. The SMILES string of the molecule is CC(C)Oc1cc2c(cc1N)CCN(CC(F)(F)F)C2.COc1cc2c(c(Br)c1N)CCN(C(=O)C(F)(F)F)C2(C)C. The first-order valence-corrected chi connectivity index (χ1v) is 14.0. The summed E-state index contributed by atoms with van der Waals surface area (Å²) in [6, 6.07) is 5.19. The van der Waals surface area contributed by atoms with Gasteiger partial charge in [-0.1, -0.05) is 0 Å². The van der Waals surface area contributed by atoms with Crippen LogP contribution in [0.15, 0.2) is 22.7 Å². The Morgan fingerprint density at radius 1 is 1.02 bits per heavy atom. The molecule has 14 heteroatoms. The summed E-state index contributed by atoms with van der Waals surface area (Å²) in [4.78, 5) is 13.9. The van der Waals surface area contributed by atoms with Crippen molar-refractivity contribution in [2.75, 3.05) is 38.2 Å². The van der Waals surface area contributed by atoms with Gasteiger partial charge in [-0.2, -0.15) is 26.3 Å². The fourth-order valence-corrected chi connectivity index (χ4v) is 5.82. The number of hydrogen-bond acceptors (Lipinski definition) is 6. The zero-order chi connectivity index (χ0) is 31.8. The van der Waals surface area contributed by atoms with Gasteiger partial charge in [-0.05, 0) is 96.9 Å². The number of carbonyl (C=O) groups excluding carboxylic acids is 1. The van der Waals surface area contributed by atoms with Crippen LogP contribution < -0.4 is 20.9 Å². The fraction of sp³-hybridized carbons (Fsp3) is 0.536. The number of anilines is 2. The first kappa shape index (κ1) is 33.6. The van der Waals surface area contributed by atoms with Crippen LogP contribution in [0.5, 0.6) is 11.5 Å². The van der Waals surface area contributed by atoms with Gasteiger partial charge in [0.15, 0.2) is 0 Å². The summed E-state index contributed by atoms with van der Waals surface area (Å²) in [7, 11) is 1.43. The molecule has 2 aromatic carbocycles. The molecule has 42 heavy (non-hydrogen) atoms. The number of nitrogens with two attached hydrogens (primary N) is 2. The van der Waals surface area contributed by atoms with Crippen molar-refractivity contribution in [1.82, 2.24) is 9.80 Å². The summed E-state index contributed by atoms with van der Waals surface area (Å²) in [6.45, 7) is 6.71. The Morgan fingerprint density at radius 2 is 1.67 bits per heavy atom. The molecule has 4 rings (SSSR count). The van der Waals surface area contributed by atoms with Crippen molar-refractivity contribution >= 4 is 33.2 Å². The number of amides is 1. The minimum atomic E-state index is -4.90. The standard InChI is InChI=1S/C14H16BrF3N2O2.C14H19F3N2O/c1-13(2)8-6-9(22-3)11(19)10(15)7(8)4-5-20(13)12(21)14(16,17)18;1-9(2)20-13-6-11-7-19(8-14(15,16)17)4-3-10(11)5-12(13)18/h6H,4-5,19H2,1-3H3;5-6,9H,3-4,7-8,18H2,1-2H3. The second-order valence-electron chi connectivity index (χ2n) is 11.0. The van der Waals surface area contributed by atoms with Crippen LogP contribution in [-0.4, -0.2) is 60.9 Å². The second kappa shape index (κ2) is 12.4. The van der Waals surface area contributed by atoms with Gasteiger partial charge in [0.25, 0.3) is 0 Å².